The van der Waals surface area contributed by atoms with Crippen LogP contribution >= 0.6 is 0 Å². The van der Waals surface area contributed by atoms with Crippen LogP contribution in [-0.2, 0) is 11.2 Å². The Morgan fingerprint density at radius 3 is 2.26 bits per heavy atom. The van der Waals surface area contributed by atoms with E-state index in [-0.39, 0.29) is 18.2 Å². The largest absolute Gasteiger partial charge is 0.497 e. The Morgan fingerprint density at radius 1 is 0.774 bits per heavy atom. The van der Waals surface area contributed by atoms with Gasteiger partial charge in [-0.2, -0.15) is 0 Å². The number of hydrogen-bond acceptors (Lipinski definition) is 5. The van der Waals surface area contributed by atoms with Crippen molar-refractivity contribution in [2.45, 2.75) is 6.42 Å². The van der Waals surface area contributed by atoms with Crippen molar-refractivity contribution in [1.82, 2.24) is 0 Å². The van der Waals surface area contributed by atoms with Gasteiger partial charge < -0.3 is 24.8 Å². The number of para-hydroxylation sites is 1. The SMILES string of the molecule is COc1cccc(NC(=O)c2ccccc2NC(=O)Cc2ccc(OC)cc2OC)c1. The molecule has 0 spiro atoms. The quantitative estimate of drug-likeness (QED) is 0.572. The van der Waals surface area contributed by atoms with Crippen LogP contribution in [0.15, 0.2) is 66.7 Å². The lowest BCUT2D eigenvalue weighted by molar-refractivity contribution is -0.115. The molecule has 0 radical (unpaired) electrons. The standard InChI is InChI=1S/C24H24N2O5/c1-29-18-8-6-7-17(14-18)25-24(28)20-9-4-5-10-21(20)26-23(27)13-16-11-12-19(30-2)15-22(16)31-3/h4-12,14-15H,13H2,1-3H3,(H,25,28)(H,26,27). The van der Waals surface area contributed by atoms with Crippen molar-refractivity contribution in [3.05, 3.63) is 77.9 Å². The molecule has 0 aromatic heterocycles. The number of carbonyl (C=O) groups excluding carboxylic acids is 2. The van der Waals surface area contributed by atoms with Crippen LogP contribution in [0.1, 0.15) is 15.9 Å². The van der Waals surface area contributed by atoms with E-state index in [1.807, 2.05) is 0 Å². The minimum Gasteiger partial charge on any atom is -0.497 e. The summed E-state index contributed by atoms with van der Waals surface area (Å²) in [6, 6.07) is 19.1. The molecule has 7 nitrogen and oxygen atoms in total. The van der Waals surface area contributed by atoms with Crippen LogP contribution in [0.3, 0.4) is 0 Å². The van der Waals surface area contributed by atoms with Gasteiger partial charge in [0.2, 0.25) is 5.91 Å². The van der Waals surface area contributed by atoms with Crippen molar-refractivity contribution < 1.29 is 23.8 Å². The summed E-state index contributed by atoms with van der Waals surface area (Å²) in [4.78, 5) is 25.5. The predicted octanol–water partition coefficient (Wildman–Crippen LogP) is 4.15. The Hall–Kier alpha value is -4.00. The molecule has 0 aliphatic rings. The zero-order chi connectivity index (χ0) is 22.2. The van der Waals surface area contributed by atoms with E-state index in [0.29, 0.717) is 39.8 Å². The Balaban J connectivity index is 1.74. The van der Waals surface area contributed by atoms with Crippen LogP contribution in [0.25, 0.3) is 0 Å². The lowest BCUT2D eigenvalue weighted by Gasteiger charge is -2.13. The number of methoxy groups -OCH3 is 3. The fraction of sp³-hybridized carbons (Fsp3) is 0.167. The number of benzene rings is 3. The molecule has 2 amide bonds. The molecule has 0 aliphatic heterocycles. The Bertz CT molecular complexity index is 1080. The zero-order valence-electron chi connectivity index (χ0n) is 17.6. The minimum atomic E-state index is -0.341. The second-order valence-corrected chi connectivity index (χ2v) is 6.63. The lowest BCUT2D eigenvalue weighted by atomic mass is 10.1. The van der Waals surface area contributed by atoms with Crippen molar-refractivity contribution in [2.24, 2.45) is 0 Å². The fourth-order valence-corrected chi connectivity index (χ4v) is 3.05. The van der Waals surface area contributed by atoms with Gasteiger partial charge in [0, 0.05) is 23.4 Å². The summed E-state index contributed by atoms with van der Waals surface area (Å²) in [5.74, 6) is 1.21. The van der Waals surface area contributed by atoms with E-state index in [9.17, 15) is 9.59 Å². The number of amides is 2. The fourth-order valence-electron chi connectivity index (χ4n) is 3.05. The number of carbonyl (C=O) groups is 2. The van der Waals surface area contributed by atoms with Crippen molar-refractivity contribution in [2.75, 3.05) is 32.0 Å². The van der Waals surface area contributed by atoms with E-state index in [4.69, 9.17) is 14.2 Å². The summed E-state index contributed by atoms with van der Waals surface area (Å²) in [6.07, 6.45) is 0.0823. The molecule has 160 valence electrons. The monoisotopic (exact) mass is 420 g/mol. The highest BCUT2D eigenvalue weighted by Crippen LogP contribution is 2.26. The van der Waals surface area contributed by atoms with E-state index in [1.54, 1.807) is 80.9 Å². The molecular weight excluding hydrogens is 396 g/mol. The number of hydrogen-bond donors (Lipinski definition) is 2. The van der Waals surface area contributed by atoms with Gasteiger partial charge in [-0.1, -0.05) is 24.3 Å². The molecule has 3 aromatic carbocycles. The van der Waals surface area contributed by atoms with Gasteiger partial charge in [0.25, 0.3) is 5.91 Å². The number of anilines is 2. The third-order valence-corrected chi connectivity index (χ3v) is 4.62. The van der Waals surface area contributed by atoms with E-state index in [0.717, 1.165) is 0 Å². The number of rotatable bonds is 8. The van der Waals surface area contributed by atoms with Crippen molar-refractivity contribution in [1.29, 1.82) is 0 Å². The highest BCUT2D eigenvalue weighted by atomic mass is 16.5. The summed E-state index contributed by atoms with van der Waals surface area (Å²) in [5, 5.41) is 5.64. The van der Waals surface area contributed by atoms with E-state index >= 15 is 0 Å². The van der Waals surface area contributed by atoms with Crippen LogP contribution in [0.2, 0.25) is 0 Å². The third-order valence-electron chi connectivity index (χ3n) is 4.62. The van der Waals surface area contributed by atoms with Crippen LogP contribution in [0.4, 0.5) is 11.4 Å². The summed E-state index contributed by atoms with van der Waals surface area (Å²) in [6.45, 7) is 0. The first kappa shape index (κ1) is 21.7. The summed E-state index contributed by atoms with van der Waals surface area (Å²) in [5.41, 5.74) is 2.06. The minimum absolute atomic E-state index is 0.0823. The third kappa shape index (κ3) is 5.54. The van der Waals surface area contributed by atoms with Crippen molar-refractivity contribution in [3.63, 3.8) is 0 Å². The van der Waals surface area contributed by atoms with Crippen LogP contribution < -0.4 is 24.8 Å². The Morgan fingerprint density at radius 2 is 1.52 bits per heavy atom. The first-order chi connectivity index (χ1) is 15.0. The van der Waals surface area contributed by atoms with Gasteiger partial charge in [0.05, 0.1) is 39.0 Å². The average Bonchev–Trinajstić information content (AvgIpc) is 2.79. The molecule has 0 saturated heterocycles. The van der Waals surface area contributed by atoms with E-state index < -0.39 is 0 Å². The average molecular weight is 420 g/mol. The zero-order valence-corrected chi connectivity index (χ0v) is 17.6. The second kappa shape index (κ2) is 10.2. The molecule has 0 fully saturated rings. The van der Waals surface area contributed by atoms with Gasteiger partial charge in [-0.05, 0) is 30.3 Å². The molecule has 3 aromatic rings. The summed E-state index contributed by atoms with van der Waals surface area (Å²) >= 11 is 0. The maximum Gasteiger partial charge on any atom is 0.257 e. The maximum atomic E-state index is 12.8. The molecule has 31 heavy (non-hydrogen) atoms. The molecular formula is C24H24N2O5. The van der Waals surface area contributed by atoms with Gasteiger partial charge >= 0.3 is 0 Å². The Labute approximate surface area is 180 Å². The van der Waals surface area contributed by atoms with Gasteiger partial charge in [-0.3, -0.25) is 9.59 Å². The van der Waals surface area contributed by atoms with Gasteiger partial charge in [-0.25, -0.2) is 0 Å². The number of ether oxygens (including phenoxy) is 3. The molecule has 7 heteroatoms. The molecule has 0 bridgehead atoms. The molecule has 2 N–H and O–H groups in total. The van der Waals surface area contributed by atoms with E-state index in [1.165, 1.54) is 7.11 Å². The first-order valence-corrected chi connectivity index (χ1v) is 9.59. The molecule has 0 saturated carbocycles. The van der Waals surface area contributed by atoms with Gasteiger partial charge in [0.15, 0.2) is 0 Å². The van der Waals surface area contributed by atoms with Gasteiger partial charge in [0.1, 0.15) is 17.2 Å². The molecule has 0 aliphatic carbocycles. The molecule has 0 atom stereocenters. The normalized spacial score (nSPS) is 10.2. The van der Waals surface area contributed by atoms with Crippen molar-refractivity contribution >= 4 is 23.2 Å². The molecule has 3 rings (SSSR count). The number of nitrogens with one attached hydrogen (secondary N) is 2. The van der Waals surface area contributed by atoms with E-state index in [2.05, 4.69) is 10.6 Å². The molecule has 0 heterocycles. The summed E-state index contributed by atoms with van der Waals surface area (Å²) in [7, 11) is 4.66. The van der Waals surface area contributed by atoms with Crippen LogP contribution in [0.5, 0.6) is 17.2 Å². The molecule has 0 unspecified atom stereocenters. The highest BCUT2D eigenvalue weighted by molar-refractivity contribution is 6.10. The lowest BCUT2D eigenvalue weighted by Crippen LogP contribution is -2.19. The predicted molar refractivity (Wildman–Crippen MR) is 119 cm³/mol. The second-order valence-electron chi connectivity index (χ2n) is 6.63. The van der Waals surface area contributed by atoms with Gasteiger partial charge in [-0.15, -0.1) is 0 Å². The smallest absolute Gasteiger partial charge is 0.257 e. The first-order valence-electron chi connectivity index (χ1n) is 9.59. The topological polar surface area (TPSA) is 85.9 Å². The maximum absolute atomic E-state index is 12.8. The van der Waals surface area contributed by atoms with Crippen LogP contribution in [-0.4, -0.2) is 33.1 Å². The van der Waals surface area contributed by atoms with Crippen molar-refractivity contribution in [3.8, 4) is 17.2 Å². The Kier molecular flexibility index (Phi) is 7.11. The van der Waals surface area contributed by atoms with Crippen LogP contribution in [0, 0.1) is 0 Å². The summed E-state index contributed by atoms with van der Waals surface area (Å²) < 4.78 is 15.7. The highest BCUT2D eigenvalue weighted by Gasteiger charge is 2.15.